The number of hydrogen-bond acceptors (Lipinski definition) is 5. The zero-order valence-corrected chi connectivity index (χ0v) is 18.1. The minimum atomic E-state index is 0.0737. The van der Waals surface area contributed by atoms with E-state index in [9.17, 15) is 0 Å². The largest absolute Gasteiger partial charge is 0.353 e. The highest BCUT2D eigenvalue weighted by molar-refractivity contribution is 5.94. The molecule has 5 heteroatoms. The summed E-state index contributed by atoms with van der Waals surface area (Å²) in [6, 6.07) is 25.7. The Bertz CT molecular complexity index is 1160. The van der Waals surface area contributed by atoms with Gasteiger partial charge in [0.05, 0.1) is 5.70 Å². The topological polar surface area (TPSA) is 43.8 Å². The number of pyridine rings is 1. The first-order valence-electron chi connectivity index (χ1n) is 11.5. The molecule has 0 bridgehead atoms. The van der Waals surface area contributed by atoms with Crippen LogP contribution >= 0.6 is 0 Å². The van der Waals surface area contributed by atoms with Gasteiger partial charge >= 0.3 is 0 Å². The molecule has 2 aliphatic heterocycles. The van der Waals surface area contributed by atoms with E-state index in [0.29, 0.717) is 0 Å². The van der Waals surface area contributed by atoms with Gasteiger partial charge in [0.2, 0.25) is 0 Å². The van der Waals surface area contributed by atoms with Crippen LogP contribution in [-0.4, -0.2) is 42.0 Å². The van der Waals surface area contributed by atoms with Crippen LogP contribution in [0.4, 0.5) is 5.82 Å². The van der Waals surface area contributed by atoms with Crippen molar-refractivity contribution in [1.82, 2.24) is 15.2 Å². The molecule has 0 radical (unpaired) electrons. The summed E-state index contributed by atoms with van der Waals surface area (Å²) in [5.74, 6) is 2.05. The second-order valence-electron chi connectivity index (χ2n) is 8.61. The molecule has 3 heterocycles. The van der Waals surface area contributed by atoms with E-state index in [1.165, 1.54) is 28.0 Å². The molecule has 0 saturated carbocycles. The Morgan fingerprint density at radius 2 is 1.50 bits per heavy atom. The Labute approximate surface area is 189 Å². The summed E-state index contributed by atoms with van der Waals surface area (Å²) in [5, 5.41) is 3.76. The Hall–Kier alpha value is -3.60. The smallest absolute Gasteiger partial charge is 0.199 e. The summed E-state index contributed by atoms with van der Waals surface area (Å²) >= 11 is 0. The number of fused-ring (bicyclic) bond motifs is 2. The molecule has 1 saturated heterocycles. The number of rotatable bonds is 2. The second-order valence-corrected chi connectivity index (χ2v) is 8.61. The number of nitrogens with zero attached hydrogens (tertiary/aromatic N) is 4. The first-order valence-corrected chi connectivity index (χ1v) is 11.5. The van der Waals surface area contributed by atoms with Gasteiger partial charge in [0.25, 0.3) is 0 Å². The standard InChI is InChI=1S/C27H27N5/c1-2-9-21(10-3-1)25-23-14-13-20-8-4-5-11-22(20)26(23)30-27(29-25)32-18-16-31(17-19-32)24-12-6-7-15-28-24/h1-12,15,25H,13-14,16-19H2,(H,29,30). The minimum absolute atomic E-state index is 0.0737. The number of piperazine rings is 1. The van der Waals surface area contributed by atoms with Crippen molar-refractivity contribution in [2.45, 2.75) is 18.9 Å². The van der Waals surface area contributed by atoms with Gasteiger partial charge < -0.3 is 15.1 Å². The van der Waals surface area contributed by atoms with Crippen molar-refractivity contribution in [3.63, 3.8) is 0 Å². The molecule has 32 heavy (non-hydrogen) atoms. The van der Waals surface area contributed by atoms with Crippen LogP contribution in [0.2, 0.25) is 0 Å². The van der Waals surface area contributed by atoms with Crippen molar-refractivity contribution in [2.24, 2.45) is 4.99 Å². The first-order chi connectivity index (χ1) is 15.9. The van der Waals surface area contributed by atoms with Crippen LogP contribution in [0.1, 0.15) is 29.2 Å². The van der Waals surface area contributed by atoms with Crippen LogP contribution in [0.25, 0.3) is 5.70 Å². The van der Waals surface area contributed by atoms with E-state index in [2.05, 4.69) is 86.8 Å². The normalized spacial score (nSPS) is 20.2. The molecule has 0 spiro atoms. The molecule has 1 aromatic heterocycles. The summed E-state index contributed by atoms with van der Waals surface area (Å²) in [6.07, 6.45) is 3.99. The predicted octanol–water partition coefficient (Wildman–Crippen LogP) is 4.26. The van der Waals surface area contributed by atoms with E-state index in [1.54, 1.807) is 0 Å². The Morgan fingerprint density at radius 3 is 2.31 bits per heavy atom. The van der Waals surface area contributed by atoms with Gasteiger partial charge in [-0.05, 0) is 41.7 Å². The average molecular weight is 422 g/mol. The van der Waals surface area contributed by atoms with Crippen LogP contribution in [0.15, 0.2) is 89.6 Å². The molecular weight excluding hydrogens is 394 g/mol. The highest BCUT2D eigenvalue weighted by Gasteiger charge is 2.32. The summed E-state index contributed by atoms with van der Waals surface area (Å²) in [6.45, 7) is 3.73. The van der Waals surface area contributed by atoms with Gasteiger partial charge in [-0.2, -0.15) is 0 Å². The van der Waals surface area contributed by atoms with Crippen molar-refractivity contribution < 1.29 is 0 Å². The van der Waals surface area contributed by atoms with Gasteiger partial charge in [-0.3, -0.25) is 0 Å². The number of aromatic nitrogens is 1. The lowest BCUT2D eigenvalue weighted by Gasteiger charge is -2.40. The molecule has 1 aliphatic carbocycles. The fourth-order valence-electron chi connectivity index (χ4n) is 5.07. The maximum absolute atomic E-state index is 5.27. The fraction of sp³-hybridized carbons (Fsp3) is 0.259. The van der Waals surface area contributed by atoms with Crippen LogP contribution < -0.4 is 10.2 Å². The monoisotopic (exact) mass is 421 g/mol. The highest BCUT2D eigenvalue weighted by Crippen LogP contribution is 2.41. The van der Waals surface area contributed by atoms with Gasteiger partial charge in [0.15, 0.2) is 5.96 Å². The SMILES string of the molecule is c1ccc(C2N=C(N3CCN(c4ccccn4)CC3)NC3=C2CCc2ccccc23)cc1. The summed E-state index contributed by atoms with van der Waals surface area (Å²) < 4.78 is 0. The lowest BCUT2D eigenvalue weighted by atomic mass is 9.83. The molecule has 5 nitrogen and oxygen atoms in total. The van der Waals surface area contributed by atoms with E-state index >= 15 is 0 Å². The number of aliphatic imine (C=N–C) groups is 1. The molecule has 1 N–H and O–H groups in total. The Morgan fingerprint density at radius 1 is 0.750 bits per heavy atom. The molecule has 6 rings (SSSR count). The Kier molecular flexibility index (Phi) is 4.87. The zero-order valence-electron chi connectivity index (χ0n) is 18.1. The quantitative estimate of drug-likeness (QED) is 0.671. The number of benzene rings is 2. The average Bonchev–Trinajstić information content (AvgIpc) is 2.89. The van der Waals surface area contributed by atoms with Gasteiger partial charge in [-0.1, -0.05) is 60.7 Å². The maximum Gasteiger partial charge on any atom is 0.199 e. The van der Waals surface area contributed by atoms with Crippen molar-refractivity contribution in [3.05, 3.63) is 101 Å². The molecular formula is C27H27N5. The lowest BCUT2D eigenvalue weighted by molar-refractivity contribution is 0.372. The van der Waals surface area contributed by atoms with Crippen molar-refractivity contribution in [1.29, 1.82) is 0 Å². The summed E-state index contributed by atoms with van der Waals surface area (Å²) in [5.41, 5.74) is 6.69. The van der Waals surface area contributed by atoms with E-state index in [-0.39, 0.29) is 6.04 Å². The van der Waals surface area contributed by atoms with Crippen LogP contribution in [0.3, 0.4) is 0 Å². The van der Waals surface area contributed by atoms with Gasteiger partial charge in [0.1, 0.15) is 11.9 Å². The fourth-order valence-corrected chi connectivity index (χ4v) is 5.07. The Balaban J connectivity index is 1.31. The number of anilines is 1. The second kappa shape index (κ2) is 8.15. The van der Waals surface area contributed by atoms with E-state index in [0.717, 1.165) is 50.8 Å². The van der Waals surface area contributed by atoms with Crippen LogP contribution in [-0.2, 0) is 6.42 Å². The van der Waals surface area contributed by atoms with Gasteiger partial charge in [-0.25, -0.2) is 9.98 Å². The molecule has 1 atom stereocenters. The first kappa shape index (κ1) is 19.1. The molecule has 1 unspecified atom stereocenters. The third-order valence-electron chi connectivity index (χ3n) is 6.76. The minimum Gasteiger partial charge on any atom is -0.353 e. The maximum atomic E-state index is 5.27. The molecule has 2 aromatic carbocycles. The van der Waals surface area contributed by atoms with E-state index < -0.39 is 0 Å². The zero-order chi connectivity index (χ0) is 21.3. The molecule has 160 valence electrons. The summed E-state index contributed by atoms with van der Waals surface area (Å²) in [7, 11) is 0. The molecule has 1 fully saturated rings. The number of hydrogen-bond donors (Lipinski definition) is 1. The van der Waals surface area contributed by atoms with Crippen molar-refractivity contribution in [2.75, 3.05) is 31.1 Å². The highest BCUT2D eigenvalue weighted by atomic mass is 15.4. The third-order valence-corrected chi connectivity index (χ3v) is 6.76. The lowest BCUT2D eigenvalue weighted by Crippen LogP contribution is -2.53. The summed E-state index contributed by atoms with van der Waals surface area (Å²) in [4.78, 5) is 14.6. The third kappa shape index (κ3) is 3.44. The van der Waals surface area contributed by atoms with Crippen LogP contribution in [0, 0.1) is 0 Å². The number of guanidine groups is 1. The molecule has 3 aromatic rings. The van der Waals surface area contributed by atoms with Crippen molar-refractivity contribution in [3.8, 4) is 0 Å². The molecule has 0 amide bonds. The van der Waals surface area contributed by atoms with E-state index in [1.807, 2.05) is 12.3 Å². The molecule has 3 aliphatic rings. The van der Waals surface area contributed by atoms with Gasteiger partial charge in [-0.15, -0.1) is 0 Å². The van der Waals surface area contributed by atoms with Crippen LogP contribution in [0.5, 0.6) is 0 Å². The number of nitrogens with one attached hydrogen (secondary N) is 1. The van der Waals surface area contributed by atoms with Crippen molar-refractivity contribution >= 4 is 17.5 Å². The van der Waals surface area contributed by atoms with Gasteiger partial charge in [0, 0.05) is 37.9 Å². The predicted molar refractivity (Wildman–Crippen MR) is 129 cm³/mol. The van der Waals surface area contributed by atoms with E-state index in [4.69, 9.17) is 4.99 Å². The number of aryl methyl sites for hydroxylation is 1.